The summed E-state index contributed by atoms with van der Waals surface area (Å²) in [5.41, 5.74) is 15.6. The van der Waals surface area contributed by atoms with E-state index in [9.17, 15) is 0 Å². The van der Waals surface area contributed by atoms with Crippen LogP contribution in [0.25, 0.3) is 79.5 Å². The van der Waals surface area contributed by atoms with Crippen molar-refractivity contribution in [3.05, 3.63) is 234 Å². The Bertz CT molecular complexity index is 3230. The van der Waals surface area contributed by atoms with Gasteiger partial charge in [0.15, 0.2) is 34.9 Å². The molecule has 3 aliphatic rings. The summed E-state index contributed by atoms with van der Waals surface area (Å²) in [5.74, 6) is 3.90. The largest absolute Gasteiger partial charge is 0.264 e. The van der Waals surface area contributed by atoms with Crippen molar-refractivity contribution in [2.45, 2.75) is 11.8 Å². The van der Waals surface area contributed by atoms with Gasteiger partial charge in [0.1, 0.15) is 0 Å². The zero-order chi connectivity index (χ0) is 41.0. The van der Waals surface area contributed by atoms with Gasteiger partial charge in [0.2, 0.25) is 0 Å². The molecule has 7 nitrogen and oxygen atoms in total. The fourth-order valence-corrected chi connectivity index (χ4v) is 9.13. The van der Waals surface area contributed by atoms with Gasteiger partial charge in [-0.3, -0.25) is 4.98 Å². The highest BCUT2D eigenvalue weighted by molar-refractivity contribution is 5.76. The van der Waals surface area contributed by atoms with Gasteiger partial charge < -0.3 is 0 Å². The third-order valence-corrected chi connectivity index (χ3v) is 12.1. The van der Waals surface area contributed by atoms with Crippen LogP contribution in [0.3, 0.4) is 0 Å². The molecule has 62 heavy (non-hydrogen) atoms. The summed E-state index contributed by atoms with van der Waals surface area (Å²) in [5, 5.41) is 0. The van der Waals surface area contributed by atoms with Gasteiger partial charge >= 0.3 is 0 Å². The molecule has 2 atom stereocenters. The Labute approximate surface area is 358 Å². The van der Waals surface area contributed by atoms with Crippen LogP contribution < -0.4 is 0 Å². The van der Waals surface area contributed by atoms with Crippen molar-refractivity contribution < 1.29 is 0 Å². The van der Waals surface area contributed by atoms with E-state index in [4.69, 9.17) is 29.9 Å². The fraction of sp³-hybridized carbons (Fsp3) is 0.0364. The zero-order valence-corrected chi connectivity index (χ0v) is 33.3. The van der Waals surface area contributed by atoms with Gasteiger partial charge in [-0.25, -0.2) is 29.9 Å². The molecule has 7 heteroatoms. The highest BCUT2D eigenvalue weighted by atomic mass is 15.0. The van der Waals surface area contributed by atoms with Gasteiger partial charge in [-0.1, -0.05) is 170 Å². The molecule has 0 amide bonds. The van der Waals surface area contributed by atoms with Crippen LogP contribution in [0.4, 0.5) is 0 Å². The molecule has 0 fully saturated rings. The number of pyridine rings is 1. The van der Waals surface area contributed by atoms with Crippen LogP contribution in [0.2, 0.25) is 0 Å². The Hall–Kier alpha value is -8.29. The molecule has 2 unspecified atom stereocenters. The Morgan fingerprint density at radius 2 is 0.565 bits per heavy atom. The van der Waals surface area contributed by atoms with Crippen molar-refractivity contribution in [2.24, 2.45) is 0 Å². The topological polar surface area (TPSA) is 90.2 Å². The summed E-state index contributed by atoms with van der Waals surface area (Å²) in [7, 11) is 0. The summed E-state index contributed by atoms with van der Waals surface area (Å²) in [6.45, 7) is 0. The first-order valence-electron chi connectivity index (χ1n) is 20.8. The molecule has 3 aliphatic carbocycles. The lowest BCUT2D eigenvalue weighted by molar-refractivity contribution is 0.754. The molecule has 7 aromatic carbocycles. The summed E-state index contributed by atoms with van der Waals surface area (Å²) in [4.78, 5) is 34.7. The Balaban J connectivity index is 0.967. The van der Waals surface area contributed by atoms with Crippen molar-refractivity contribution in [2.75, 3.05) is 0 Å². The third-order valence-electron chi connectivity index (χ3n) is 12.1. The van der Waals surface area contributed by atoms with Crippen LogP contribution in [-0.2, 0) is 0 Å². The van der Waals surface area contributed by atoms with Crippen molar-refractivity contribution in [1.29, 1.82) is 0 Å². The first kappa shape index (κ1) is 35.6. The molecule has 0 radical (unpaired) electrons. The standard InChI is InChI=1S/C55H35N7/c1-4-13-35(14-5-1)50-57-51(36-15-6-2-7-16-36)60-54(59-50)39-26-28-44-46(31-39)48-42-20-10-11-21-43(42)49(44)47-32-40(27-29-45(47)48)55-61-52(37-17-8-3-9-18-37)58-53(62-55)38-24-22-34(23-25-38)41-19-12-30-56-33-41/h1-33,48-49H. The summed E-state index contributed by atoms with van der Waals surface area (Å²) in [6, 6.07) is 65.2. The quantitative estimate of drug-likeness (QED) is 0.159. The molecule has 2 bridgehead atoms. The minimum Gasteiger partial charge on any atom is -0.264 e. The molecule has 0 saturated heterocycles. The molecule has 0 saturated carbocycles. The highest BCUT2D eigenvalue weighted by Crippen LogP contribution is 2.56. The zero-order valence-electron chi connectivity index (χ0n) is 33.3. The van der Waals surface area contributed by atoms with E-state index in [1.165, 1.54) is 33.4 Å². The molecule has 0 aliphatic heterocycles. The number of benzene rings is 7. The van der Waals surface area contributed by atoms with Crippen LogP contribution in [-0.4, -0.2) is 34.9 Å². The maximum absolute atomic E-state index is 5.15. The van der Waals surface area contributed by atoms with Gasteiger partial charge in [-0.05, 0) is 62.7 Å². The minimum absolute atomic E-state index is 0.0308. The normalized spacial score (nSPS) is 14.5. The first-order valence-corrected chi connectivity index (χ1v) is 20.8. The Morgan fingerprint density at radius 1 is 0.242 bits per heavy atom. The van der Waals surface area contributed by atoms with Crippen molar-refractivity contribution in [3.8, 4) is 79.5 Å². The highest BCUT2D eigenvalue weighted by Gasteiger charge is 2.41. The van der Waals surface area contributed by atoms with E-state index < -0.39 is 0 Å². The summed E-state index contributed by atoms with van der Waals surface area (Å²) < 4.78 is 0. The predicted molar refractivity (Wildman–Crippen MR) is 244 cm³/mol. The number of aromatic nitrogens is 7. The molecule has 13 rings (SSSR count). The number of hydrogen-bond acceptors (Lipinski definition) is 7. The van der Waals surface area contributed by atoms with Crippen molar-refractivity contribution >= 4 is 0 Å². The lowest BCUT2D eigenvalue weighted by Gasteiger charge is -2.42. The molecule has 3 aromatic heterocycles. The minimum atomic E-state index is 0.0308. The Kier molecular flexibility index (Phi) is 8.49. The second-order valence-electron chi connectivity index (χ2n) is 15.7. The van der Waals surface area contributed by atoms with Crippen molar-refractivity contribution in [1.82, 2.24) is 34.9 Å². The molecule has 0 N–H and O–H groups in total. The molecular weight excluding hydrogens is 759 g/mol. The van der Waals surface area contributed by atoms with Gasteiger partial charge in [0, 0.05) is 57.6 Å². The molecule has 0 spiro atoms. The fourth-order valence-electron chi connectivity index (χ4n) is 9.13. The van der Waals surface area contributed by atoms with Crippen LogP contribution >= 0.6 is 0 Å². The lowest BCUT2D eigenvalue weighted by atomic mass is 9.61. The van der Waals surface area contributed by atoms with E-state index >= 15 is 0 Å². The van der Waals surface area contributed by atoms with Crippen molar-refractivity contribution in [3.63, 3.8) is 0 Å². The number of rotatable bonds is 7. The van der Waals surface area contributed by atoms with Crippen LogP contribution in [0, 0.1) is 0 Å². The molecule has 3 heterocycles. The Morgan fingerprint density at radius 3 is 0.968 bits per heavy atom. The average molecular weight is 794 g/mol. The summed E-state index contributed by atoms with van der Waals surface area (Å²) in [6.07, 6.45) is 3.66. The van der Waals surface area contributed by atoms with E-state index in [1.54, 1.807) is 6.20 Å². The predicted octanol–water partition coefficient (Wildman–Crippen LogP) is 12.1. The van der Waals surface area contributed by atoms with Gasteiger partial charge in [-0.2, -0.15) is 0 Å². The van der Waals surface area contributed by atoms with Crippen LogP contribution in [0.15, 0.2) is 200 Å². The molecule has 290 valence electrons. The third kappa shape index (κ3) is 6.18. The maximum Gasteiger partial charge on any atom is 0.164 e. The van der Waals surface area contributed by atoms with Crippen LogP contribution in [0.1, 0.15) is 45.2 Å². The van der Waals surface area contributed by atoms with Gasteiger partial charge in [0.25, 0.3) is 0 Å². The molecule has 10 aromatic rings. The second kappa shape index (κ2) is 14.8. The first-order chi connectivity index (χ1) is 30.7. The van der Waals surface area contributed by atoms with E-state index in [-0.39, 0.29) is 11.8 Å². The van der Waals surface area contributed by atoms with Crippen LogP contribution in [0.5, 0.6) is 0 Å². The van der Waals surface area contributed by atoms with E-state index in [0.717, 1.165) is 44.5 Å². The number of nitrogens with zero attached hydrogens (tertiary/aromatic N) is 7. The second-order valence-corrected chi connectivity index (χ2v) is 15.7. The smallest absolute Gasteiger partial charge is 0.164 e. The lowest BCUT2D eigenvalue weighted by Crippen LogP contribution is -2.27. The SMILES string of the molecule is c1ccc(-c2nc(-c3ccccc3)nc(-c3ccc4c(c3)C3c5ccccc5C4c4cc(-c5nc(-c6ccccc6)nc(-c6ccc(-c7cccnc7)cc6)n5)ccc43)n2)cc1. The number of hydrogen-bond donors (Lipinski definition) is 0. The molecular formula is C55H35N7. The maximum atomic E-state index is 5.15. The van der Waals surface area contributed by atoms with E-state index in [0.29, 0.717) is 34.9 Å². The monoisotopic (exact) mass is 793 g/mol. The van der Waals surface area contributed by atoms with E-state index in [1.807, 2.05) is 103 Å². The van der Waals surface area contributed by atoms with Gasteiger partial charge in [0.05, 0.1) is 0 Å². The summed E-state index contributed by atoms with van der Waals surface area (Å²) >= 11 is 0. The van der Waals surface area contributed by atoms with E-state index in [2.05, 4.69) is 96.0 Å². The van der Waals surface area contributed by atoms with Gasteiger partial charge in [-0.15, -0.1) is 0 Å². The average Bonchev–Trinajstić information content (AvgIpc) is 3.36.